The average Bonchev–Trinajstić information content (AvgIpc) is 2.00. The summed E-state index contributed by atoms with van der Waals surface area (Å²) in [6, 6.07) is 0. The summed E-state index contributed by atoms with van der Waals surface area (Å²) in [5, 5.41) is 3.34. The van der Waals surface area contributed by atoms with Crippen LogP contribution in [-0.4, -0.2) is 18.8 Å². The molecule has 82 valence electrons. The average molecular weight is 199 g/mol. The Morgan fingerprint density at radius 1 is 1.21 bits per heavy atom. The van der Waals surface area contributed by atoms with E-state index in [2.05, 4.69) is 5.32 Å². The van der Waals surface area contributed by atoms with Crippen LogP contribution in [0.2, 0.25) is 0 Å². The van der Waals surface area contributed by atoms with Gasteiger partial charge in [-0.2, -0.15) is 0 Å². The van der Waals surface area contributed by atoms with E-state index < -0.39 is 5.67 Å². The van der Waals surface area contributed by atoms with E-state index in [1.54, 1.807) is 0 Å². The van der Waals surface area contributed by atoms with Crippen molar-refractivity contribution in [2.24, 2.45) is 11.8 Å². The molecule has 1 nitrogen and oxygen atoms in total. The molecule has 0 radical (unpaired) electrons. The molecule has 1 N–H and O–H groups in total. The van der Waals surface area contributed by atoms with Crippen molar-refractivity contribution in [2.75, 3.05) is 13.1 Å². The Balaban J connectivity index is 1.81. The highest BCUT2D eigenvalue weighted by Gasteiger charge is 2.39. The smallest absolute Gasteiger partial charge is 0.111 e. The third kappa shape index (κ3) is 2.28. The first-order chi connectivity index (χ1) is 6.68. The maximum Gasteiger partial charge on any atom is 0.111 e. The molecule has 0 spiro atoms. The van der Waals surface area contributed by atoms with Gasteiger partial charge in [-0.15, -0.1) is 0 Å². The molecule has 1 aliphatic carbocycles. The Morgan fingerprint density at radius 3 is 2.36 bits per heavy atom. The van der Waals surface area contributed by atoms with Gasteiger partial charge in [0.15, 0.2) is 0 Å². The second-order valence-electron chi connectivity index (χ2n) is 5.30. The van der Waals surface area contributed by atoms with E-state index in [4.69, 9.17) is 0 Å². The van der Waals surface area contributed by atoms with Crippen molar-refractivity contribution in [1.29, 1.82) is 0 Å². The molecule has 0 amide bonds. The molecule has 2 aliphatic rings. The Labute approximate surface area is 86.5 Å². The molecule has 0 aromatic heterocycles. The minimum atomic E-state index is -0.875. The van der Waals surface area contributed by atoms with Crippen molar-refractivity contribution in [2.45, 2.75) is 51.1 Å². The lowest BCUT2D eigenvalue weighted by Gasteiger charge is -2.39. The fourth-order valence-corrected chi connectivity index (χ4v) is 2.83. The number of hydrogen-bond donors (Lipinski definition) is 1. The molecule has 0 aromatic carbocycles. The maximum atomic E-state index is 14.3. The van der Waals surface area contributed by atoms with Gasteiger partial charge in [-0.25, -0.2) is 4.39 Å². The second kappa shape index (κ2) is 4.18. The third-order valence-corrected chi connectivity index (χ3v) is 4.10. The Hall–Kier alpha value is -0.110. The minimum absolute atomic E-state index is 0.373. The summed E-state index contributed by atoms with van der Waals surface area (Å²) in [6.45, 7) is 4.01. The van der Waals surface area contributed by atoms with Crippen molar-refractivity contribution in [1.82, 2.24) is 5.32 Å². The van der Waals surface area contributed by atoms with Gasteiger partial charge < -0.3 is 5.32 Å². The van der Waals surface area contributed by atoms with Gasteiger partial charge in [-0.3, -0.25) is 0 Å². The number of rotatable bonds is 3. The Morgan fingerprint density at radius 2 is 1.86 bits per heavy atom. The molecular formula is C12H22FN. The van der Waals surface area contributed by atoms with Gasteiger partial charge in [-0.1, -0.05) is 6.42 Å². The molecule has 1 saturated heterocycles. The molecule has 0 aromatic rings. The zero-order valence-corrected chi connectivity index (χ0v) is 9.19. The van der Waals surface area contributed by atoms with Crippen LogP contribution in [0.25, 0.3) is 0 Å². The molecule has 1 unspecified atom stereocenters. The van der Waals surface area contributed by atoms with Gasteiger partial charge in [0.1, 0.15) is 5.67 Å². The van der Waals surface area contributed by atoms with Crippen molar-refractivity contribution in [3.8, 4) is 0 Å². The molecule has 2 fully saturated rings. The van der Waals surface area contributed by atoms with Crippen LogP contribution >= 0.6 is 0 Å². The predicted molar refractivity (Wildman–Crippen MR) is 57.1 cm³/mol. The van der Waals surface area contributed by atoms with Gasteiger partial charge in [0.25, 0.3) is 0 Å². The summed E-state index contributed by atoms with van der Waals surface area (Å²) < 4.78 is 14.3. The molecule has 1 saturated carbocycles. The summed E-state index contributed by atoms with van der Waals surface area (Å²) in [7, 11) is 0. The predicted octanol–water partition coefficient (Wildman–Crippen LogP) is 2.90. The minimum Gasteiger partial charge on any atom is -0.317 e. The van der Waals surface area contributed by atoms with E-state index in [1.165, 1.54) is 19.3 Å². The van der Waals surface area contributed by atoms with Crippen LogP contribution < -0.4 is 5.32 Å². The van der Waals surface area contributed by atoms with Gasteiger partial charge >= 0.3 is 0 Å². The first kappa shape index (κ1) is 10.4. The zero-order valence-electron chi connectivity index (χ0n) is 9.19. The molecule has 2 heteroatoms. The standard InChI is InChI=1S/C12H22FN/c1-12(13,11-3-2-4-11)9-10-5-7-14-8-6-10/h10-11,14H,2-9H2,1H3. The van der Waals surface area contributed by atoms with E-state index in [0.29, 0.717) is 11.8 Å². The van der Waals surface area contributed by atoms with Gasteiger partial charge in [-0.05, 0) is 64.0 Å². The maximum absolute atomic E-state index is 14.3. The van der Waals surface area contributed by atoms with Crippen molar-refractivity contribution in [3.63, 3.8) is 0 Å². The largest absolute Gasteiger partial charge is 0.317 e. The van der Waals surface area contributed by atoms with Crippen LogP contribution in [0.1, 0.15) is 45.4 Å². The third-order valence-electron chi connectivity index (χ3n) is 4.10. The van der Waals surface area contributed by atoms with Crippen LogP contribution in [-0.2, 0) is 0 Å². The van der Waals surface area contributed by atoms with Crippen LogP contribution in [0.15, 0.2) is 0 Å². The lowest BCUT2D eigenvalue weighted by atomic mass is 9.70. The molecular weight excluding hydrogens is 177 g/mol. The number of nitrogens with one attached hydrogen (secondary N) is 1. The highest BCUT2D eigenvalue weighted by Crippen LogP contribution is 2.43. The van der Waals surface area contributed by atoms with Crippen LogP contribution in [0.3, 0.4) is 0 Å². The second-order valence-corrected chi connectivity index (χ2v) is 5.30. The monoisotopic (exact) mass is 199 g/mol. The normalized spacial score (nSPS) is 29.6. The van der Waals surface area contributed by atoms with Gasteiger partial charge in [0.05, 0.1) is 0 Å². The quantitative estimate of drug-likeness (QED) is 0.737. The fourth-order valence-electron chi connectivity index (χ4n) is 2.83. The summed E-state index contributed by atoms with van der Waals surface area (Å²) >= 11 is 0. The number of halogens is 1. The number of alkyl halides is 1. The van der Waals surface area contributed by atoms with Crippen molar-refractivity contribution in [3.05, 3.63) is 0 Å². The Kier molecular flexibility index (Phi) is 3.10. The number of hydrogen-bond acceptors (Lipinski definition) is 1. The van der Waals surface area contributed by atoms with E-state index in [-0.39, 0.29) is 0 Å². The Bertz CT molecular complexity index is 181. The summed E-state index contributed by atoms with van der Waals surface area (Å²) in [5.74, 6) is 1.00. The first-order valence-corrected chi connectivity index (χ1v) is 6.08. The van der Waals surface area contributed by atoms with E-state index >= 15 is 0 Å². The summed E-state index contributed by atoms with van der Waals surface area (Å²) in [5.41, 5.74) is -0.875. The van der Waals surface area contributed by atoms with Crippen LogP contribution in [0.4, 0.5) is 4.39 Å². The van der Waals surface area contributed by atoms with Crippen molar-refractivity contribution >= 4 is 0 Å². The van der Waals surface area contributed by atoms with E-state index in [0.717, 1.165) is 32.4 Å². The SMILES string of the molecule is CC(F)(CC1CCNCC1)C1CCC1. The lowest BCUT2D eigenvalue weighted by molar-refractivity contribution is 0.0216. The molecule has 14 heavy (non-hydrogen) atoms. The van der Waals surface area contributed by atoms with E-state index in [9.17, 15) is 4.39 Å². The lowest BCUT2D eigenvalue weighted by Crippen LogP contribution is -2.39. The molecule has 1 heterocycles. The summed E-state index contributed by atoms with van der Waals surface area (Å²) in [6.07, 6.45) is 6.64. The highest BCUT2D eigenvalue weighted by atomic mass is 19.1. The van der Waals surface area contributed by atoms with E-state index in [1.807, 2.05) is 6.92 Å². The fraction of sp³-hybridized carbons (Fsp3) is 1.00. The molecule has 2 rings (SSSR count). The zero-order chi connectivity index (χ0) is 10.0. The highest BCUT2D eigenvalue weighted by molar-refractivity contribution is 4.90. The van der Waals surface area contributed by atoms with Crippen molar-refractivity contribution < 1.29 is 4.39 Å². The molecule has 1 atom stereocenters. The van der Waals surface area contributed by atoms with Crippen LogP contribution in [0, 0.1) is 11.8 Å². The molecule has 1 aliphatic heterocycles. The molecule has 0 bridgehead atoms. The van der Waals surface area contributed by atoms with Crippen LogP contribution in [0.5, 0.6) is 0 Å². The van der Waals surface area contributed by atoms with Gasteiger partial charge in [0, 0.05) is 0 Å². The summed E-state index contributed by atoms with van der Waals surface area (Å²) in [4.78, 5) is 0. The number of piperidine rings is 1. The first-order valence-electron chi connectivity index (χ1n) is 6.08. The topological polar surface area (TPSA) is 12.0 Å². The van der Waals surface area contributed by atoms with Gasteiger partial charge in [0.2, 0.25) is 0 Å².